The lowest BCUT2D eigenvalue weighted by molar-refractivity contribution is -0.00521. The summed E-state index contributed by atoms with van der Waals surface area (Å²) in [7, 11) is 0. The second-order valence-electron chi connectivity index (χ2n) is 3.82. The smallest absolute Gasteiger partial charge is 0.220 e. The summed E-state index contributed by atoms with van der Waals surface area (Å²) >= 11 is 0. The number of rotatable bonds is 2. The van der Waals surface area contributed by atoms with Gasteiger partial charge in [0.05, 0.1) is 6.61 Å². The summed E-state index contributed by atoms with van der Waals surface area (Å²) in [4.78, 5) is 0. The first-order valence-corrected chi connectivity index (χ1v) is 4.68. The van der Waals surface area contributed by atoms with Gasteiger partial charge in [0.25, 0.3) is 0 Å². The fraction of sp³-hybridized carbons (Fsp3) is 1.00. The van der Waals surface area contributed by atoms with Crippen molar-refractivity contribution in [1.29, 1.82) is 0 Å². The van der Waals surface area contributed by atoms with Crippen LogP contribution in [0.3, 0.4) is 0 Å². The van der Waals surface area contributed by atoms with E-state index in [1.807, 2.05) is 0 Å². The molecule has 2 aliphatic heterocycles. The third-order valence-corrected chi connectivity index (χ3v) is 2.91. The first-order chi connectivity index (χ1) is 5.92. The molecule has 1 saturated carbocycles. The van der Waals surface area contributed by atoms with Crippen LogP contribution in [0.15, 0.2) is 10.2 Å². The van der Waals surface area contributed by atoms with Crippen molar-refractivity contribution < 1.29 is 4.74 Å². The van der Waals surface area contributed by atoms with Gasteiger partial charge in [-0.25, -0.2) is 0 Å². The van der Waals surface area contributed by atoms with Gasteiger partial charge in [0.2, 0.25) is 5.66 Å². The summed E-state index contributed by atoms with van der Waals surface area (Å²) in [5.74, 6) is 0.697. The standard InChI is InChI=1S/C8H13N3O/c1-2-6(1)8(10-11-8)7-5-9-3-4-12-7/h6-7,9H,1-5H2. The van der Waals surface area contributed by atoms with Gasteiger partial charge in [-0.2, -0.15) is 10.2 Å². The number of hydrogen-bond acceptors (Lipinski definition) is 4. The van der Waals surface area contributed by atoms with E-state index in [1.54, 1.807) is 0 Å². The molecule has 66 valence electrons. The van der Waals surface area contributed by atoms with Crippen LogP contribution in [0.25, 0.3) is 0 Å². The molecule has 1 N–H and O–H groups in total. The summed E-state index contributed by atoms with van der Waals surface area (Å²) in [6.07, 6.45) is 2.79. The van der Waals surface area contributed by atoms with Crippen LogP contribution in [0.5, 0.6) is 0 Å². The maximum atomic E-state index is 5.66. The van der Waals surface area contributed by atoms with Gasteiger partial charge in [0, 0.05) is 19.0 Å². The number of hydrogen-bond donors (Lipinski definition) is 1. The molecule has 0 aromatic heterocycles. The molecule has 0 amide bonds. The number of nitrogens with one attached hydrogen (secondary N) is 1. The van der Waals surface area contributed by atoms with E-state index in [0.29, 0.717) is 5.92 Å². The Kier molecular flexibility index (Phi) is 1.32. The normalized spacial score (nSPS) is 38.2. The monoisotopic (exact) mass is 167 g/mol. The average Bonchev–Trinajstić information content (AvgIpc) is 2.99. The summed E-state index contributed by atoms with van der Waals surface area (Å²) in [5.41, 5.74) is -0.104. The molecule has 0 aromatic carbocycles. The van der Waals surface area contributed by atoms with Gasteiger partial charge in [-0.1, -0.05) is 0 Å². The Bertz CT molecular complexity index is 212. The molecule has 1 saturated heterocycles. The van der Waals surface area contributed by atoms with Gasteiger partial charge >= 0.3 is 0 Å². The Morgan fingerprint density at radius 1 is 1.33 bits per heavy atom. The maximum absolute atomic E-state index is 5.66. The minimum atomic E-state index is -0.104. The zero-order valence-corrected chi connectivity index (χ0v) is 6.99. The molecule has 0 bridgehead atoms. The average molecular weight is 167 g/mol. The molecule has 0 aromatic rings. The van der Waals surface area contributed by atoms with Crippen molar-refractivity contribution in [2.24, 2.45) is 16.1 Å². The molecule has 3 aliphatic rings. The third-order valence-electron chi connectivity index (χ3n) is 2.91. The van der Waals surface area contributed by atoms with Crippen LogP contribution in [-0.4, -0.2) is 31.5 Å². The predicted octanol–water partition coefficient (Wildman–Crippen LogP) is 0.547. The summed E-state index contributed by atoms with van der Waals surface area (Å²) in [6, 6.07) is 0. The molecule has 1 aliphatic carbocycles. The predicted molar refractivity (Wildman–Crippen MR) is 42.9 cm³/mol. The van der Waals surface area contributed by atoms with E-state index in [-0.39, 0.29) is 11.8 Å². The van der Waals surface area contributed by atoms with Crippen molar-refractivity contribution in [3.05, 3.63) is 0 Å². The molecule has 4 nitrogen and oxygen atoms in total. The first kappa shape index (κ1) is 6.97. The number of ether oxygens (including phenoxy) is 1. The number of morpholine rings is 1. The van der Waals surface area contributed by atoms with E-state index in [9.17, 15) is 0 Å². The highest BCUT2D eigenvalue weighted by Crippen LogP contribution is 2.52. The van der Waals surface area contributed by atoms with E-state index < -0.39 is 0 Å². The molecular formula is C8H13N3O. The van der Waals surface area contributed by atoms with Crippen LogP contribution < -0.4 is 5.32 Å². The minimum absolute atomic E-state index is 0.104. The maximum Gasteiger partial charge on any atom is 0.220 e. The van der Waals surface area contributed by atoms with Gasteiger partial charge in [-0.05, 0) is 12.8 Å². The van der Waals surface area contributed by atoms with Crippen LogP contribution in [-0.2, 0) is 4.74 Å². The third kappa shape index (κ3) is 0.912. The Balaban J connectivity index is 1.70. The summed E-state index contributed by atoms with van der Waals surface area (Å²) in [5, 5.41) is 11.7. The van der Waals surface area contributed by atoms with E-state index in [2.05, 4.69) is 15.5 Å². The molecule has 2 fully saturated rings. The van der Waals surface area contributed by atoms with Crippen LogP contribution in [0.1, 0.15) is 12.8 Å². The summed E-state index contributed by atoms with van der Waals surface area (Å²) < 4.78 is 5.66. The highest BCUT2D eigenvalue weighted by atomic mass is 16.5. The summed E-state index contributed by atoms with van der Waals surface area (Å²) in [6.45, 7) is 2.70. The van der Waals surface area contributed by atoms with E-state index >= 15 is 0 Å². The Hall–Kier alpha value is -0.480. The fourth-order valence-corrected chi connectivity index (χ4v) is 1.96. The van der Waals surface area contributed by atoms with Gasteiger partial charge in [-0.15, -0.1) is 0 Å². The lowest BCUT2D eigenvalue weighted by atomic mass is 10.0. The van der Waals surface area contributed by atoms with Crippen LogP contribution >= 0.6 is 0 Å². The molecule has 1 unspecified atom stereocenters. The highest BCUT2D eigenvalue weighted by molar-refractivity contribution is 5.11. The first-order valence-electron chi connectivity index (χ1n) is 4.68. The molecule has 4 heteroatoms. The van der Waals surface area contributed by atoms with Crippen LogP contribution in [0.4, 0.5) is 0 Å². The minimum Gasteiger partial charge on any atom is -0.371 e. The lowest BCUT2D eigenvalue weighted by Crippen LogP contribution is -2.48. The molecule has 1 atom stereocenters. The largest absolute Gasteiger partial charge is 0.371 e. The Morgan fingerprint density at radius 2 is 2.17 bits per heavy atom. The molecule has 0 radical (unpaired) electrons. The van der Waals surface area contributed by atoms with Crippen LogP contribution in [0, 0.1) is 5.92 Å². The van der Waals surface area contributed by atoms with Crippen molar-refractivity contribution in [3.8, 4) is 0 Å². The molecule has 3 rings (SSSR count). The molecule has 0 spiro atoms. The van der Waals surface area contributed by atoms with Gasteiger partial charge in [-0.3, -0.25) is 0 Å². The van der Waals surface area contributed by atoms with Gasteiger partial charge < -0.3 is 10.1 Å². The van der Waals surface area contributed by atoms with E-state index in [0.717, 1.165) is 19.7 Å². The Morgan fingerprint density at radius 3 is 2.67 bits per heavy atom. The second kappa shape index (κ2) is 2.26. The second-order valence-corrected chi connectivity index (χ2v) is 3.82. The Labute approximate surface area is 71.4 Å². The lowest BCUT2D eigenvalue weighted by Gasteiger charge is -2.27. The SMILES string of the molecule is C1COC(C2(C3CC3)N=N2)CN1. The zero-order valence-electron chi connectivity index (χ0n) is 6.99. The van der Waals surface area contributed by atoms with Gasteiger partial charge in [0.1, 0.15) is 6.10 Å². The van der Waals surface area contributed by atoms with Crippen molar-refractivity contribution in [3.63, 3.8) is 0 Å². The van der Waals surface area contributed by atoms with E-state index in [1.165, 1.54) is 12.8 Å². The zero-order chi connectivity index (χ0) is 8.02. The number of nitrogens with zero attached hydrogens (tertiary/aromatic N) is 2. The topological polar surface area (TPSA) is 46.0 Å². The fourth-order valence-electron chi connectivity index (χ4n) is 1.96. The van der Waals surface area contributed by atoms with Crippen molar-refractivity contribution in [2.45, 2.75) is 24.6 Å². The van der Waals surface area contributed by atoms with Crippen molar-refractivity contribution in [2.75, 3.05) is 19.7 Å². The van der Waals surface area contributed by atoms with Gasteiger partial charge in [0.15, 0.2) is 0 Å². The van der Waals surface area contributed by atoms with Crippen molar-refractivity contribution >= 4 is 0 Å². The highest BCUT2D eigenvalue weighted by Gasteiger charge is 2.59. The molecule has 12 heavy (non-hydrogen) atoms. The quantitative estimate of drug-likeness (QED) is 0.652. The van der Waals surface area contributed by atoms with E-state index in [4.69, 9.17) is 4.74 Å². The van der Waals surface area contributed by atoms with Crippen molar-refractivity contribution in [1.82, 2.24) is 5.32 Å². The van der Waals surface area contributed by atoms with Crippen LogP contribution in [0.2, 0.25) is 0 Å². The molecular weight excluding hydrogens is 154 g/mol. The molecule has 2 heterocycles.